The van der Waals surface area contributed by atoms with Crippen LogP contribution in [0.4, 0.5) is 0 Å². The molecule has 0 saturated heterocycles. The molecule has 2 N–H and O–H groups in total. The van der Waals surface area contributed by atoms with Crippen LogP contribution in [0.1, 0.15) is 98.3 Å². The molecule has 35 heavy (non-hydrogen) atoms. The summed E-state index contributed by atoms with van der Waals surface area (Å²) >= 11 is 3.42. The van der Waals surface area contributed by atoms with E-state index < -0.39 is 0 Å². The van der Waals surface area contributed by atoms with Crippen LogP contribution in [0.15, 0.2) is 44.3 Å². The standard InChI is InChI=1S/C29H42N2O2S2/c1-5-7-9-11-16-30-26(32)24-18-22-20-14-13-15-21(20)23-19-25(27(33)31-17-12-10-8-6-2)35-29(23,4)28(22,3)34-24/h18-19H,5-17H2,1-4H3,(H,30,32)(H,31,33)/t28-,29-/m0/s1. The average Bonchev–Trinajstić information content (AvgIpc) is 3.54. The molecule has 2 amide bonds. The van der Waals surface area contributed by atoms with Gasteiger partial charge in [0, 0.05) is 13.1 Å². The van der Waals surface area contributed by atoms with Crippen LogP contribution in [0.3, 0.4) is 0 Å². The lowest BCUT2D eigenvalue weighted by molar-refractivity contribution is -0.117. The Bertz CT molecular complexity index is 915. The van der Waals surface area contributed by atoms with E-state index in [1.54, 1.807) is 23.5 Å². The predicted molar refractivity (Wildman–Crippen MR) is 150 cm³/mol. The van der Waals surface area contributed by atoms with Gasteiger partial charge >= 0.3 is 0 Å². The molecule has 2 aliphatic heterocycles. The van der Waals surface area contributed by atoms with Crippen molar-refractivity contribution in [3.8, 4) is 0 Å². The summed E-state index contributed by atoms with van der Waals surface area (Å²) in [6.07, 6.45) is 16.9. The van der Waals surface area contributed by atoms with Crippen LogP contribution >= 0.6 is 23.5 Å². The van der Waals surface area contributed by atoms with Gasteiger partial charge in [-0.05, 0) is 80.4 Å². The van der Waals surface area contributed by atoms with Crippen LogP contribution in [0.25, 0.3) is 0 Å². The smallest absolute Gasteiger partial charge is 0.257 e. The van der Waals surface area contributed by atoms with Crippen molar-refractivity contribution < 1.29 is 9.59 Å². The van der Waals surface area contributed by atoms with Gasteiger partial charge in [0.25, 0.3) is 11.8 Å². The Labute approximate surface area is 220 Å². The zero-order chi connectivity index (χ0) is 25.1. The number of nitrogens with one attached hydrogen (secondary N) is 2. The highest BCUT2D eigenvalue weighted by atomic mass is 32.2. The molecule has 0 aromatic heterocycles. The van der Waals surface area contributed by atoms with Crippen molar-refractivity contribution >= 4 is 35.3 Å². The topological polar surface area (TPSA) is 58.2 Å². The minimum absolute atomic E-state index is 0.0564. The molecule has 4 aliphatic rings. The number of hydrogen-bond donors (Lipinski definition) is 2. The molecule has 0 aromatic rings. The van der Waals surface area contributed by atoms with E-state index in [-0.39, 0.29) is 21.3 Å². The lowest BCUT2D eigenvalue weighted by Crippen LogP contribution is -2.47. The maximum absolute atomic E-state index is 13.1. The highest BCUT2D eigenvalue weighted by Crippen LogP contribution is 2.68. The van der Waals surface area contributed by atoms with E-state index in [1.165, 1.54) is 48.0 Å². The molecule has 4 nitrogen and oxygen atoms in total. The van der Waals surface area contributed by atoms with E-state index in [4.69, 9.17) is 0 Å². The highest BCUT2D eigenvalue weighted by Gasteiger charge is 2.60. The summed E-state index contributed by atoms with van der Waals surface area (Å²) in [5.74, 6) is 0.113. The molecule has 0 bridgehead atoms. The first-order chi connectivity index (χ1) is 16.9. The van der Waals surface area contributed by atoms with Gasteiger partial charge in [0.15, 0.2) is 0 Å². The second-order valence-corrected chi connectivity index (χ2v) is 13.5. The number of rotatable bonds is 12. The van der Waals surface area contributed by atoms with Gasteiger partial charge in [-0.3, -0.25) is 9.59 Å². The van der Waals surface area contributed by atoms with Gasteiger partial charge in [0.1, 0.15) is 0 Å². The Morgan fingerprint density at radius 1 is 0.743 bits per heavy atom. The number of unbranched alkanes of at least 4 members (excludes halogenated alkanes) is 6. The molecule has 2 heterocycles. The van der Waals surface area contributed by atoms with Gasteiger partial charge in [-0.1, -0.05) is 52.4 Å². The van der Waals surface area contributed by atoms with Crippen LogP contribution in [-0.2, 0) is 9.59 Å². The molecule has 0 unspecified atom stereocenters. The summed E-state index contributed by atoms with van der Waals surface area (Å²) in [7, 11) is 0. The molecular weight excluding hydrogens is 472 g/mol. The van der Waals surface area contributed by atoms with Gasteiger partial charge in [0.05, 0.1) is 19.3 Å². The van der Waals surface area contributed by atoms with Crippen LogP contribution in [0, 0.1) is 0 Å². The van der Waals surface area contributed by atoms with Gasteiger partial charge in [-0.2, -0.15) is 0 Å². The third-order valence-corrected chi connectivity index (χ3v) is 11.3. The van der Waals surface area contributed by atoms with Crippen molar-refractivity contribution in [1.29, 1.82) is 0 Å². The number of allylic oxidation sites excluding steroid dienone is 4. The Hall–Kier alpha value is -1.40. The third-order valence-electron chi connectivity index (χ3n) is 8.06. The van der Waals surface area contributed by atoms with Crippen molar-refractivity contribution in [3.05, 3.63) is 44.3 Å². The number of carbonyl (C=O) groups excluding carboxylic acids is 2. The first-order valence-corrected chi connectivity index (χ1v) is 15.3. The van der Waals surface area contributed by atoms with E-state index in [2.05, 4.69) is 50.5 Å². The Kier molecular flexibility index (Phi) is 8.63. The van der Waals surface area contributed by atoms with E-state index >= 15 is 0 Å². The van der Waals surface area contributed by atoms with Gasteiger partial charge in [-0.15, -0.1) is 23.5 Å². The fourth-order valence-electron chi connectivity index (χ4n) is 5.85. The molecule has 6 heteroatoms. The van der Waals surface area contributed by atoms with Crippen molar-refractivity contribution in [2.24, 2.45) is 0 Å². The van der Waals surface area contributed by atoms with Crippen LogP contribution in [-0.4, -0.2) is 34.4 Å². The van der Waals surface area contributed by atoms with Crippen molar-refractivity contribution in [2.45, 2.75) is 108 Å². The summed E-state index contributed by atoms with van der Waals surface area (Å²) in [6, 6.07) is 0. The summed E-state index contributed by atoms with van der Waals surface area (Å²) in [5, 5.41) is 6.32. The van der Waals surface area contributed by atoms with E-state index in [0.717, 1.165) is 67.8 Å². The monoisotopic (exact) mass is 514 g/mol. The van der Waals surface area contributed by atoms with E-state index in [0.29, 0.717) is 0 Å². The van der Waals surface area contributed by atoms with Gasteiger partial charge in [-0.25, -0.2) is 0 Å². The largest absolute Gasteiger partial charge is 0.352 e. The van der Waals surface area contributed by atoms with Crippen molar-refractivity contribution in [1.82, 2.24) is 10.6 Å². The fraction of sp³-hybridized carbons (Fsp3) is 0.655. The third kappa shape index (κ3) is 5.07. The van der Waals surface area contributed by atoms with Crippen molar-refractivity contribution in [3.63, 3.8) is 0 Å². The molecule has 4 rings (SSSR count). The predicted octanol–water partition coefficient (Wildman–Crippen LogP) is 6.95. The maximum Gasteiger partial charge on any atom is 0.257 e. The van der Waals surface area contributed by atoms with Crippen LogP contribution < -0.4 is 10.6 Å². The molecule has 1 saturated carbocycles. The second kappa shape index (κ2) is 11.3. The minimum atomic E-state index is -0.259. The fourth-order valence-corrected chi connectivity index (χ4v) is 8.86. The minimum Gasteiger partial charge on any atom is -0.352 e. The first-order valence-electron chi connectivity index (χ1n) is 13.7. The first kappa shape index (κ1) is 26.7. The number of thioether (sulfide) groups is 2. The highest BCUT2D eigenvalue weighted by molar-refractivity contribution is 8.10. The Morgan fingerprint density at radius 2 is 1.17 bits per heavy atom. The molecule has 0 radical (unpaired) electrons. The zero-order valence-electron chi connectivity index (χ0n) is 22.0. The lowest BCUT2D eigenvalue weighted by Gasteiger charge is -2.47. The lowest BCUT2D eigenvalue weighted by atomic mass is 9.72. The number of hydrogen-bond acceptors (Lipinski definition) is 4. The van der Waals surface area contributed by atoms with E-state index in [1.807, 2.05) is 0 Å². The quantitative estimate of drug-likeness (QED) is 0.277. The summed E-state index contributed by atoms with van der Waals surface area (Å²) in [5.41, 5.74) is 5.49. The molecule has 0 aromatic carbocycles. The van der Waals surface area contributed by atoms with Gasteiger partial charge in [0.2, 0.25) is 0 Å². The zero-order valence-corrected chi connectivity index (χ0v) is 23.6. The summed E-state index contributed by atoms with van der Waals surface area (Å²) in [6.45, 7) is 10.5. The van der Waals surface area contributed by atoms with Crippen LogP contribution in [0.2, 0.25) is 0 Å². The Balaban J connectivity index is 1.51. The Morgan fingerprint density at radius 3 is 1.57 bits per heavy atom. The molecule has 2 atom stereocenters. The number of amides is 2. The summed E-state index contributed by atoms with van der Waals surface area (Å²) < 4.78 is -0.518. The summed E-state index contributed by atoms with van der Waals surface area (Å²) in [4.78, 5) is 27.9. The second-order valence-electron chi connectivity index (χ2n) is 10.6. The molecule has 0 spiro atoms. The molecule has 1 fully saturated rings. The van der Waals surface area contributed by atoms with Crippen LogP contribution in [0.5, 0.6) is 0 Å². The average molecular weight is 515 g/mol. The molecule has 2 aliphatic carbocycles. The number of fused-ring (bicyclic) bond motifs is 4. The molecular formula is C29H42N2O2S2. The van der Waals surface area contributed by atoms with Gasteiger partial charge < -0.3 is 10.6 Å². The molecule has 192 valence electrons. The van der Waals surface area contributed by atoms with Crippen molar-refractivity contribution in [2.75, 3.05) is 13.1 Å². The number of carbonyl (C=O) groups is 2. The SMILES string of the molecule is CCCCCCNC(=O)C1=CC2=C3CCCC3=C3C=C(C(=O)NCCCCCC)S[C@]3(C)[C@@]2(C)S1. The normalized spacial score (nSPS) is 26.9. The van der Waals surface area contributed by atoms with E-state index in [9.17, 15) is 9.59 Å². The maximum atomic E-state index is 13.1.